The highest BCUT2D eigenvalue weighted by Gasteiger charge is 2.00. The van der Waals surface area contributed by atoms with Gasteiger partial charge in [-0.25, -0.2) is 4.79 Å². The fraction of sp³-hybridized carbons (Fsp3) is 0.462. The van der Waals surface area contributed by atoms with Crippen LogP contribution in [0.15, 0.2) is 24.3 Å². The van der Waals surface area contributed by atoms with E-state index in [0.717, 1.165) is 19.3 Å². The van der Waals surface area contributed by atoms with E-state index in [1.807, 2.05) is 24.3 Å². The molecular formula is C13H18NO2. The Balaban J connectivity index is 2.09. The normalized spacial score (nSPS) is 9.81. The molecule has 0 aliphatic heterocycles. The van der Waals surface area contributed by atoms with Gasteiger partial charge in [-0.05, 0) is 24.5 Å². The topological polar surface area (TPSA) is 38.3 Å². The summed E-state index contributed by atoms with van der Waals surface area (Å²) in [6, 6.07) is 10.7. The molecule has 0 fully saturated rings. The van der Waals surface area contributed by atoms with E-state index >= 15 is 0 Å². The van der Waals surface area contributed by atoms with Gasteiger partial charge < -0.3 is 10.1 Å². The third-order valence-corrected chi connectivity index (χ3v) is 2.20. The Kier molecular flexibility index (Phi) is 6.07. The highest BCUT2D eigenvalue weighted by Crippen LogP contribution is 1.97. The van der Waals surface area contributed by atoms with Gasteiger partial charge in [0, 0.05) is 6.54 Å². The van der Waals surface area contributed by atoms with Crippen LogP contribution in [0.1, 0.15) is 25.3 Å². The van der Waals surface area contributed by atoms with Crippen LogP contribution in [-0.4, -0.2) is 19.2 Å². The Bertz CT molecular complexity index is 298. The Labute approximate surface area is 96.8 Å². The molecule has 0 aliphatic rings. The van der Waals surface area contributed by atoms with Crippen LogP contribution in [0.2, 0.25) is 0 Å². The van der Waals surface area contributed by atoms with Crippen molar-refractivity contribution in [3.05, 3.63) is 35.9 Å². The van der Waals surface area contributed by atoms with Gasteiger partial charge in [0.15, 0.2) is 0 Å². The van der Waals surface area contributed by atoms with E-state index in [2.05, 4.69) is 18.3 Å². The maximum absolute atomic E-state index is 11.2. The zero-order valence-corrected chi connectivity index (χ0v) is 9.66. The smallest absolute Gasteiger partial charge is 0.407 e. The Morgan fingerprint density at radius 2 is 2.19 bits per heavy atom. The SMILES string of the molecule is CCCCOC(=O)NCCc1cc[c]cc1. The molecule has 0 saturated heterocycles. The van der Waals surface area contributed by atoms with Gasteiger partial charge in [0.05, 0.1) is 6.61 Å². The van der Waals surface area contributed by atoms with Crippen molar-refractivity contribution in [2.75, 3.05) is 13.2 Å². The summed E-state index contributed by atoms with van der Waals surface area (Å²) in [5, 5.41) is 2.72. The highest BCUT2D eigenvalue weighted by molar-refractivity contribution is 5.67. The minimum Gasteiger partial charge on any atom is -0.450 e. The third-order valence-electron chi connectivity index (χ3n) is 2.20. The van der Waals surface area contributed by atoms with Gasteiger partial charge in [-0.2, -0.15) is 0 Å². The monoisotopic (exact) mass is 220 g/mol. The van der Waals surface area contributed by atoms with Gasteiger partial charge in [0.1, 0.15) is 0 Å². The number of benzene rings is 1. The first-order chi connectivity index (χ1) is 7.83. The maximum atomic E-state index is 11.2. The van der Waals surface area contributed by atoms with Crippen molar-refractivity contribution in [2.24, 2.45) is 0 Å². The lowest BCUT2D eigenvalue weighted by Crippen LogP contribution is -2.26. The van der Waals surface area contributed by atoms with Crippen molar-refractivity contribution in [1.82, 2.24) is 5.32 Å². The fourth-order valence-electron chi connectivity index (χ4n) is 1.26. The number of ether oxygens (including phenoxy) is 1. The van der Waals surface area contributed by atoms with E-state index in [1.54, 1.807) is 0 Å². The average Bonchev–Trinajstić information content (AvgIpc) is 2.31. The molecule has 1 N–H and O–H groups in total. The quantitative estimate of drug-likeness (QED) is 0.748. The van der Waals surface area contributed by atoms with Gasteiger partial charge in [0.25, 0.3) is 0 Å². The summed E-state index contributed by atoms with van der Waals surface area (Å²) in [6.07, 6.45) is 2.45. The van der Waals surface area contributed by atoms with Crippen molar-refractivity contribution in [3.8, 4) is 0 Å². The molecule has 0 atom stereocenters. The summed E-state index contributed by atoms with van der Waals surface area (Å²) < 4.78 is 4.96. The van der Waals surface area contributed by atoms with Gasteiger partial charge in [-0.1, -0.05) is 37.6 Å². The predicted octanol–water partition coefficient (Wildman–Crippen LogP) is 2.56. The minimum atomic E-state index is -0.323. The molecule has 1 amide bonds. The molecule has 0 saturated carbocycles. The molecule has 0 aliphatic carbocycles. The van der Waals surface area contributed by atoms with Crippen molar-refractivity contribution in [1.29, 1.82) is 0 Å². The minimum absolute atomic E-state index is 0.323. The lowest BCUT2D eigenvalue weighted by Gasteiger charge is -2.06. The largest absolute Gasteiger partial charge is 0.450 e. The van der Waals surface area contributed by atoms with E-state index in [9.17, 15) is 4.79 Å². The first-order valence-corrected chi connectivity index (χ1v) is 5.68. The molecule has 0 spiro atoms. The average molecular weight is 220 g/mol. The van der Waals surface area contributed by atoms with E-state index in [0.29, 0.717) is 13.2 Å². The number of unbranched alkanes of at least 4 members (excludes halogenated alkanes) is 1. The van der Waals surface area contributed by atoms with Gasteiger partial charge in [-0.3, -0.25) is 0 Å². The van der Waals surface area contributed by atoms with Crippen LogP contribution in [0, 0.1) is 6.07 Å². The summed E-state index contributed by atoms with van der Waals surface area (Å²) in [5.74, 6) is 0. The number of carbonyl (C=O) groups is 1. The van der Waals surface area contributed by atoms with Crippen LogP contribution >= 0.6 is 0 Å². The maximum Gasteiger partial charge on any atom is 0.407 e. The van der Waals surface area contributed by atoms with Crippen LogP contribution in [0.5, 0.6) is 0 Å². The molecule has 1 rings (SSSR count). The Hall–Kier alpha value is -1.51. The standard InChI is InChI=1S/C13H18NO2/c1-2-3-11-16-13(15)14-10-9-12-7-5-4-6-8-12/h5-8H,2-3,9-11H2,1H3,(H,14,15). The van der Waals surface area contributed by atoms with Crippen molar-refractivity contribution < 1.29 is 9.53 Å². The summed E-state index contributed by atoms with van der Waals surface area (Å²) in [5.41, 5.74) is 1.19. The molecular weight excluding hydrogens is 202 g/mol. The first-order valence-electron chi connectivity index (χ1n) is 5.68. The predicted molar refractivity (Wildman–Crippen MR) is 63.2 cm³/mol. The zero-order chi connectivity index (χ0) is 11.6. The summed E-state index contributed by atoms with van der Waals surface area (Å²) >= 11 is 0. The van der Waals surface area contributed by atoms with Crippen LogP contribution in [0.25, 0.3) is 0 Å². The number of nitrogens with one attached hydrogen (secondary N) is 1. The molecule has 1 aromatic rings. The van der Waals surface area contributed by atoms with Gasteiger partial charge in [-0.15, -0.1) is 0 Å². The third kappa shape index (κ3) is 5.39. The molecule has 1 aromatic carbocycles. The van der Waals surface area contributed by atoms with Crippen molar-refractivity contribution in [2.45, 2.75) is 26.2 Å². The van der Waals surface area contributed by atoms with Crippen LogP contribution in [0.3, 0.4) is 0 Å². The number of hydrogen-bond donors (Lipinski definition) is 1. The van der Waals surface area contributed by atoms with Crippen LogP contribution in [0.4, 0.5) is 4.79 Å². The molecule has 0 aromatic heterocycles. The number of amides is 1. The number of hydrogen-bond acceptors (Lipinski definition) is 2. The second-order valence-corrected chi connectivity index (χ2v) is 3.57. The molecule has 3 nitrogen and oxygen atoms in total. The first kappa shape index (κ1) is 12.6. The van der Waals surface area contributed by atoms with Crippen LogP contribution < -0.4 is 5.32 Å². The fourth-order valence-corrected chi connectivity index (χ4v) is 1.26. The van der Waals surface area contributed by atoms with Crippen molar-refractivity contribution in [3.63, 3.8) is 0 Å². The number of alkyl carbamates (subject to hydrolysis) is 1. The second kappa shape index (κ2) is 7.74. The lowest BCUT2D eigenvalue weighted by atomic mass is 10.1. The van der Waals surface area contributed by atoms with Gasteiger partial charge >= 0.3 is 6.09 Å². The van der Waals surface area contributed by atoms with E-state index < -0.39 is 0 Å². The summed E-state index contributed by atoms with van der Waals surface area (Å²) in [7, 11) is 0. The highest BCUT2D eigenvalue weighted by atomic mass is 16.5. The molecule has 3 heteroatoms. The second-order valence-electron chi connectivity index (χ2n) is 3.57. The van der Waals surface area contributed by atoms with Crippen LogP contribution in [-0.2, 0) is 11.2 Å². The summed E-state index contributed by atoms with van der Waals surface area (Å²) in [6.45, 7) is 3.17. The molecule has 16 heavy (non-hydrogen) atoms. The lowest BCUT2D eigenvalue weighted by molar-refractivity contribution is 0.144. The van der Waals surface area contributed by atoms with E-state index in [1.165, 1.54) is 5.56 Å². The number of carbonyl (C=O) groups excluding carboxylic acids is 1. The Morgan fingerprint density at radius 3 is 2.88 bits per heavy atom. The van der Waals surface area contributed by atoms with E-state index in [-0.39, 0.29) is 6.09 Å². The van der Waals surface area contributed by atoms with Crippen molar-refractivity contribution >= 4 is 6.09 Å². The molecule has 0 unspecified atom stereocenters. The Morgan fingerprint density at radius 1 is 1.44 bits per heavy atom. The van der Waals surface area contributed by atoms with Gasteiger partial charge in [0.2, 0.25) is 0 Å². The summed E-state index contributed by atoms with van der Waals surface area (Å²) in [4.78, 5) is 11.2. The van der Waals surface area contributed by atoms with E-state index in [4.69, 9.17) is 4.74 Å². The molecule has 0 heterocycles. The number of rotatable bonds is 6. The molecule has 87 valence electrons. The zero-order valence-electron chi connectivity index (χ0n) is 9.66. The molecule has 0 bridgehead atoms. The molecule has 1 radical (unpaired) electrons.